The van der Waals surface area contributed by atoms with Gasteiger partial charge < -0.3 is 24.8 Å². The number of benzene rings is 1. The summed E-state index contributed by atoms with van der Waals surface area (Å²) in [5, 5.41) is 2.80. The van der Waals surface area contributed by atoms with Gasteiger partial charge in [-0.05, 0) is 44.2 Å². The molecule has 1 aromatic carbocycles. The second kappa shape index (κ2) is 8.81. The summed E-state index contributed by atoms with van der Waals surface area (Å²) in [6, 6.07) is 14.0. The summed E-state index contributed by atoms with van der Waals surface area (Å²) >= 11 is 0. The van der Waals surface area contributed by atoms with E-state index in [1.54, 1.807) is 67.8 Å². The minimum absolute atomic E-state index is 0.268. The van der Waals surface area contributed by atoms with Crippen LogP contribution in [-0.2, 0) is 6.54 Å². The molecule has 0 bridgehead atoms. The molecule has 0 saturated heterocycles. The first kappa shape index (κ1) is 20.9. The number of nitrogens with two attached hydrogens (primary N) is 1. The number of aromatic nitrogens is 2. The van der Waals surface area contributed by atoms with E-state index in [2.05, 4.69) is 10.3 Å². The number of hydrogen-bond acceptors (Lipinski definition) is 5. The maximum atomic E-state index is 12.4. The molecule has 4 rings (SSSR count). The van der Waals surface area contributed by atoms with Gasteiger partial charge in [0.05, 0.1) is 23.2 Å². The summed E-state index contributed by atoms with van der Waals surface area (Å²) < 4.78 is 13.1. The van der Waals surface area contributed by atoms with Crippen LogP contribution in [0, 0.1) is 6.92 Å². The van der Waals surface area contributed by atoms with Gasteiger partial charge in [0.1, 0.15) is 11.5 Å². The van der Waals surface area contributed by atoms with E-state index >= 15 is 0 Å². The van der Waals surface area contributed by atoms with Crippen LogP contribution < -0.4 is 15.8 Å². The fourth-order valence-electron chi connectivity index (χ4n) is 3.30. The maximum absolute atomic E-state index is 12.4. The zero-order chi connectivity index (χ0) is 22.7. The highest BCUT2D eigenvalue weighted by Gasteiger charge is 2.14. The zero-order valence-electron chi connectivity index (χ0n) is 17.7. The number of hydrogen-bond donors (Lipinski definition) is 2. The van der Waals surface area contributed by atoms with Gasteiger partial charge in [-0.1, -0.05) is 6.07 Å². The third kappa shape index (κ3) is 4.39. The van der Waals surface area contributed by atoms with Gasteiger partial charge in [0.2, 0.25) is 5.91 Å². The van der Waals surface area contributed by atoms with E-state index < -0.39 is 5.91 Å². The molecule has 8 nitrogen and oxygen atoms in total. The van der Waals surface area contributed by atoms with Crippen molar-refractivity contribution in [3.05, 3.63) is 84.1 Å². The van der Waals surface area contributed by atoms with Gasteiger partial charge in [0.25, 0.3) is 5.91 Å². The largest absolute Gasteiger partial charge is 0.459 e. The van der Waals surface area contributed by atoms with Gasteiger partial charge in [-0.25, -0.2) is 0 Å². The van der Waals surface area contributed by atoms with Crippen LogP contribution in [0.1, 0.15) is 33.4 Å². The lowest BCUT2D eigenvalue weighted by Gasteiger charge is -2.10. The van der Waals surface area contributed by atoms with Crippen LogP contribution >= 0.6 is 0 Å². The average molecular weight is 430 g/mol. The van der Waals surface area contributed by atoms with E-state index in [1.165, 1.54) is 6.26 Å². The molecule has 162 valence electrons. The Hall–Kier alpha value is -4.33. The lowest BCUT2D eigenvalue weighted by molar-refractivity contribution is 0.0990. The summed E-state index contributed by atoms with van der Waals surface area (Å²) in [7, 11) is 0. The van der Waals surface area contributed by atoms with Gasteiger partial charge in [0, 0.05) is 42.3 Å². The van der Waals surface area contributed by atoms with Crippen molar-refractivity contribution in [3.8, 4) is 22.9 Å². The Labute approximate surface area is 184 Å². The van der Waals surface area contributed by atoms with E-state index in [-0.39, 0.29) is 11.7 Å². The molecule has 0 aliphatic carbocycles. The van der Waals surface area contributed by atoms with Crippen molar-refractivity contribution in [1.82, 2.24) is 9.55 Å². The monoisotopic (exact) mass is 430 g/mol. The molecule has 0 aliphatic heterocycles. The zero-order valence-corrected chi connectivity index (χ0v) is 17.7. The van der Waals surface area contributed by atoms with Gasteiger partial charge >= 0.3 is 0 Å². The number of carbonyl (C=O) groups excluding carboxylic acids is 2. The lowest BCUT2D eigenvalue weighted by atomic mass is 10.2. The molecular weight excluding hydrogens is 408 g/mol. The highest BCUT2D eigenvalue weighted by Crippen LogP contribution is 2.28. The summed E-state index contributed by atoms with van der Waals surface area (Å²) in [6.07, 6.45) is 4.82. The van der Waals surface area contributed by atoms with Crippen LogP contribution in [0.5, 0.6) is 11.5 Å². The van der Waals surface area contributed by atoms with E-state index in [4.69, 9.17) is 14.9 Å². The van der Waals surface area contributed by atoms with Crippen LogP contribution in [0.15, 0.2) is 71.6 Å². The van der Waals surface area contributed by atoms with E-state index in [0.29, 0.717) is 35.0 Å². The van der Waals surface area contributed by atoms with E-state index in [9.17, 15) is 9.59 Å². The normalized spacial score (nSPS) is 10.7. The third-order valence-corrected chi connectivity index (χ3v) is 4.91. The van der Waals surface area contributed by atoms with Gasteiger partial charge in [-0.2, -0.15) is 0 Å². The van der Waals surface area contributed by atoms with Crippen LogP contribution in [-0.4, -0.2) is 21.4 Å². The Morgan fingerprint density at radius 3 is 2.69 bits per heavy atom. The first-order valence-electron chi connectivity index (χ1n) is 10.0. The van der Waals surface area contributed by atoms with Crippen molar-refractivity contribution in [1.29, 1.82) is 0 Å². The summed E-state index contributed by atoms with van der Waals surface area (Å²) in [5.74, 6) is 0.546. The summed E-state index contributed by atoms with van der Waals surface area (Å²) in [6.45, 7) is 4.44. The number of amides is 2. The summed E-state index contributed by atoms with van der Waals surface area (Å²) in [4.78, 5) is 28.3. The number of nitrogens with zero attached hydrogens (tertiary/aromatic N) is 2. The molecule has 0 unspecified atom stereocenters. The van der Waals surface area contributed by atoms with Crippen molar-refractivity contribution in [2.45, 2.75) is 20.4 Å². The van der Waals surface area contributed by atoms with E-state index in [0.717, 1.165) is 11.3 Å². The first-order valence-corrected chi connectivity index (χ1v) is 10.0. The van der Waals surface area contributed by atoms with Crippen LogP contribution in [0.3, 0.4) is 0 Å². The molecule has 0 aliphatic rings. The Bertz CT molecular complexity index is 1290. The number of aryl methyl sites for hydroxylation is 2. The number of anilines is 1. The predicted molar refractivity (Wildman–Crippen MR) is 120 cm³/mol. The molecule has 0 saturated carbocycles. The first-order chi connectivity index (χ1) is 15.4. The fourth-order valence-corrected chi connectivity index (χ4v) is 3.30. The minimum atomic E-state index is -0.491. The molecule has 3 N–H and O–H groups in total. The Kier molecular flexibility index (Phi) is 5.76. The molecular formula is C24H22N4O4. The smallest absolute Gasteiger partial charge is 0.291 e. The molecule has 0 radical (unpaired) electrons. The maximum Gasteiger partial charge on any atom is 0.291 e. The average Bonchev–Trinajstić information content (AvgIpc) is 3.40. The molecule has 8 heteroatoms. The molecule has 0 fully saturated rings. The second-order valence-corrected chi connectivity index (χ2v) is 7.16. The van der Waals surface area contributed by atoms with Crippen LogP contribution in [0.25, 0.3) is 11.4 Å². The number of carbonyl (C=O) groups is 2. The second-order valence-electron chi connectivity index (χ2n) is 7.16. The third-order valence-electron chi connectivity index (χ3n) is 4.91. The van der Waals surface area contributed by atoms with Crippen LogP contribution in [0.2, 0.25) is 0 Å². The molecule has 3 aromatic heterocycles. The molecule has 4 aromatic rings. The predicted octanol–water partition coefficient (Wildman–Crippen LogP) is 4.61. The molecule has 0 spiro atoms. The van der Waals surface area contributed by atoms with Gasteiger partial charge in [-0.15, -0.1) is 0 Å². The minimum Gasteiger partial charge on any atom is -0.459 e. The van der Waals surface area contributed by atoms with Crippen molar-refractivity contribution in [2.75, 3.05) is 5.32 Å². The Balaban J connectivity index is 1.54. The topological polar surface area (TPSA) is 112 Å². The highest BCUT2D eigenvalue weighted by atomic mass is 16.5. The number of primary amides is 1. The van der Waals surface area contributed by atoms with Crippen molar-refractivity contribution < 1.29 is 18.7 Å². The number of nitrogens with one attached hydrogen (secondary N) is 1. The molecule has 0 atom stereocenters. The van der Waals surface area contributed by atoms with Gasteiger partial charge in [0.15, 0.2) is 5.76 Å². The molecule has 2 amide bonds. The van der Waals surface area contributed by atoms with E-state index in [1.807, 2.05) is 11.5 Å². The fraction of sp³-hybridized carbons (Fsp3) is 0.125. The Morgan fingerprint density at radius 1 is 1.16 bits per heavy atom. The quantitative estimate of drug-likeness (QED) is 0.444. The highest BCUT2D eigenvalue weighted by molar-refractivity contribution is 6.03. The van der Waals surface area contributed by atoms with Crippen molar-refractivity contribution in [3.63, 3.8) is 0 Å². The lowest BCUT2D eigenvalue weighted by Crippen LogP contribution is -2.12. The summed E-state index contributed by atoms with van der Waals surface area (Å²) in [5.41, 5.74) is 8.58. The number of pyridine rings is 1. The van der Waals surface area contributed by atoms with Crippen molar-refractivity contribution in [2.24, 2.45) is 5.73 Å². The number of rotatable bonds is 7. The number of ether oxygens (including phenoxy) is 1. The number of furan rings is 1. The molecule has 32 heavy (non-hydrogen) atoms. The van der Waals surface area contributed by atoms with Crippen LogP contribution in [0.4, 0.5) is 5.69 Å². The standard InChI is InChI=1S/C24H22N4O4/c1-3-28-14-16(23(25)29)11-21(28)20-13-19(7-9-26-20)32-18-6-4-5-17(12-18)27-24(30)22-15(2)8-10-31-22/h4-14H,3H2,1-2H3,(H2,25,29)(H,27,30). The Morgan fingerprint density at radius 2 is 1.97 bits per heavy atom. The molecule has 3 heterocycles. The van der Waals surface area contributed by atoms with Gasteiger partial charge in [-0.3, -0.25) is 14.6 Å². The SMILES string of the molecule is CCn1cc(C(N)=O)cc1-c1cc(Oc2cccc(NC(=O)c3occc3C)c2)ccn1. The van der Waals surface area contributed by atoms with Crippen molar-refractivity contribution >= 4 is 17.5 Å².